The number of aromatic nitrogens is 1. The quantitative estimate of drug-likeness (QED) is 0.626. The molecule has 0 unspecified atom stereocenters. The molecule has 1 aromatic carbocycles. The molecular weight excluding hydrogens is 201 g/mol. The molecule has 0 saturated heterocycles. The van der Waals surface area contributed by atoms with Gasteiger partial charge in [-0.2, -0.15) is 0 Å². The third-order valence-electron chi connectivity index (χ3n) is 1.82. The van der Waals surface area contributed by atoms with Crippen molar-refractivity contribution in [2.75, 3.05) is 0 Å². The molecular formula is C14H20FN. The fourth-order valence-corrected chi connectivity index (χ4v) is 1.22. The van der Waals surface area contributed by atoms with Gasteiger partial charge in [-0.15, -0.1) is 0 Å². The minimum atomic E-state index is -0.208. The van der Waals surface area contributed by atoms with Crippen LogP contribution in [0, 0.1) is 12.7 Å². The lowest BCUT2D eigenvalue weighted by atomic mass is 10.2. The number of hydrogen-bond donors (Lipinski definition) is 0. The summed E-state index contributed by atoms with van der Waals surface area (Å²) in [5.41, 5.74) is 1.63. The highest BCUT2D eigenvalue weighted by atomic mass is 19.1. The largest absolute Gasteiger partial charge is 0.253 e. The first kappa shape index (κ1) is 14.6. The fourth-order valence-electron chi connectivity index (χ4n) is 1.22. The van der Waals surface area contributed by atoms with E-state index in [0.29, 0.717) is 5.39 Å². The van der Waals surface area contributed by atoms with Crippen molar-refractivity contribution in [3.8, 4) is 0 Å². The van der Waals surface area contributed by atoms with E-state index in [4.69, 9.17) is 0 Å². The molecule has 0 spiro atoms. The van der Waals surface area contributed by atoms with Crippen LogP contribution >= 0.6 is 0 Å². The molecule has 0 aliphatic heterocycles. The number of fused-ring (bicyclic) bond motifs is 1. The summed E-state index contributed by atoms with van der Waals surface area (Å²) in [6.07, 6.45) is 0. The number of rotatable bonds is 0. The number of pyridine rings is 1. The Labute approximate surface area is 97.3 Å². The molecule has 2 rings (SSSR count). The van der Waals surface area contributed by atoms with E-state index in [9.17, 15) is 4.39 Å². The predicted molar refractivity (Wildman–Crippen MR) is 69.1 cm³/mol. The molecule has 0 saturated carbocycles. The van der Waals surface area contributed by atoms with E-state index in [2.05, 4.69) is 4.98 Å². The Morgan fingerprint density at radius 1 is 0.938 bits per heavy atom. The number of benzene rings is 1. The highest BCUT2D eigenvalue weighted by molar-refractivity contribution is 5.79. The molecule has 88 valence electrons. The highest BCUT2D eigenvalue weighted by Crippen LogP contribution is 2.15. The lowest BCUT2D eigenvalue weighted by molar-refractivity contribution is 0.639. The maximum atomic E-state index is 13.1. The van der Waals surface area contributed by atoms with Crippen LogP contribution in [0.1, 0.15) is 33.4 Å². The van der Waals surface area contributed by atoms with Crippen molar-refractivity contribution < 1.29 is 4.39 Å². The second-order valence-electron chi connectivity index (χ2n) is 2.76. The van der Waals surface area contributed by atoms with Crippen molar-refractivity contribution in [3.63, 3.8) is 0 Å². The summed E-state index contributed by atoms with van der Waals surface area (Å²) in [5, 5.41) is 0.586. The molecule has 0 bridgehead atoms. The van der Waals surface area contributed by atoms with Gasteiger partial charge in [0.2, 0.25) is 0 Å². The van der Waals surface area contributed by atoms with Crippen molar-refractivity contribution in [2.45, 2.75) is 34.6 Å². The first-order chi connectivity index (χ1) is 7.77. The van der Waals surface area contributed by atoms with Crippen molar-refractivity contribution in [1.29, 1.82) is 0 Å². The standard InChI is InChI=1S/C10H8FN.2C2H6/c1-7-5-6-8-9(11)3-2-4-10(8)12-7;2*1-2/h2-6H,1H3;2*1-2H3. The fraction of sp³-hybridized carbons (Fsp3) is 0.357. The van der Waals surface area contributed by atoms with Crippen LogP contribution in [0.4, 0.5) is 4.39 Å². The van der Waals surface area contributed by atoms with Gasteiger partial charge in [-0.25, -0.2) is 4.39 Å². The molecule has 1 nitrogen and oxygen atoms in total. The van der Waals surface area contributed by atoms with Crippen LogP contribution in [0.2, 0.25) is 0 Å². The average Bonchev–Trinajstić information content (AvgIpc) is 2.34. The van der Waals surface area contributed by atoms with E-state index in [-0.39, 0.29) is 5.82 Å². The molecule has 0 radical (unpaired) electrons. The second kappa shape index (κ2) is 7.80. The molecule has 0 aliphatic carbocycles. The van der Waals surface area contributed by atoms with E-state index in [1.165, 1.54) is 6.07 Å². The first-order valence-electron chi connectivity index (χ1n) is 5.79. The zero-order valence-corrected chi connectivity index (χ0v) is 10.7. The maximum absolute atomic E-state index is 13.1. The van der Waals surface area contributed by atoms with E-state index < -0.39 is 0 Å². The van der Waals surface area contributed by atoms with Crippen LogP contribution in [0.3, 0.4) is 0 Å². The molecule has 1 heterocycles. The van der Waals surface area contributed by atoms with Crippen LogP contribution in [0.5, 0.6) is 0 Å². The van der Waals surface area contributed by atoms with Gasteiger partial charge in [0, 0.05) is 11.1 Å². The van der Waals surface area contributed by atoms with E-state index >= 15 is 0 Å². The summed E-state index contributed by atoms with van der Waals surface area (Å²) in [4.78, 5) is 4.20. The lowest BCUT2D eigenvalue weighted by Crippen LogP contribution is -1.84. The van der Waals surface area contributed by atoms with Gasteiger partial charge in [-0.3, -0.25) is 4.98 Å². The van der Waals surface area contributed by atoms with Crippen LogP contribution in [-0.2, 0) is 0 Å². The third kappa shape index (κ3) is 3.61. The van der Waals surface area contributed by atoms with Crippen molar-refractivity contribution in [1.82, 2.24) is 4.98 Å². The zero-order valence-electron chi connectivity index (χ0n) is 10.7. The topological polar surface area (TPSA) is 12.9 Å². The third-order valence-corrected chi connectivity index (χ3v) is 1.82. The van der Waals surface area contributed by atoms with Crippen molar-refractivity contribution in [3.05, 3.63) is 41.8 Å². The summed E-state index contributed by atoms with van der Waals surface area (Å²) >= 11 is 0. The number of nitrogens with zero attached hydrogens (tertiary/aromatic N) is 1. The number of aryl methyl sites for hydroxylation is 1. The molecule has 0 fully saturated rings. The molecule has 2 heteroatoms. The van der Waals surface area contributed by atoms with Crippen LogP contribution in [0.25, 0.3) is 10.9 Å². The van der Waals surface area contributed by atoms with E-state index in [1.807, 2.05) is 46.8 Å². The first-order valence-corrected chi connectivity index (χ1v) is 5.79. The maximum Gasteiger partial charge on any atom is 0.132 e. The summed E-state index contributed by atoms with van der Waals surface area (Å²) in [6, 6.07) is 8.49. The lowest BCUT2D eigenvalue weighted by Gasteiger charge is -1.98. The number of hydrogen-bond acceptors (Lipinski definition) is 1. The summed E-state index contributed by atoms with van der Waals surface area (Å²) in [5.74, 6) is -0.208. The Morgan fingerprint density at radius 2 is 1.56 bits per heavy atom. The Balaban J connectivity index is 0.000000509. The van der Waals surface area contributed by atoms with Gasteiger partial charge in [-0.1, -0.05) is 33.8 Å². The molecule has 2 aromatic rings. The minimum Gasteiger partial charge on any atom is -0.253 e. The van der Waals surface area contributed by atoms with E-state index in [0.717, 1.165) is 11.2 Å². The normalized spacial score (nSPS) is 8.62. The molecule has 0 N–H and O–H groups in total. The Morgan fingerprint density at radius 3 is 2.19 bits per heavy atom. The smallest absolute Gasteiger partial charge is 0.132 e. The molecule has 1 aromatic heterocycles. The molecule has 0 amide bonds. The SMILES string of the molecule is CC.CC.Cc1ccc2c(F)cccc2n1. The average molecular weight is 221 g/mol. The molecule has 16 heavy (non-hydrogen) atoms. The van der Waals surface area contributed by atoms with Crippen LogP contribution in [-0.4, -0.2) is 4.98 Å². The van der Waals surface area contributed by atoms with Crippen molar-refractivity contribution in [2.24, 2.45) is 0 Å². The molecule has 0 aliphatic rings. The van der Waals surface area contributed by atoms with Crippen LogP contribution in [0.15, 0.2) is 30.3 Å². The summed E-state index contributed by atoms with van der Waals surface area (Å²) in [7, 11) is 0. The Bertz CT molecular complexity index is 424. The Hall–Kier alpha value is -1.44. The van der Waals surface area contributed by atoms with Gasteiger partial charge in [0.1, 0.15) is 5.82 Å². The van der Waals surface area contributed by atoms with Crippen LogP contribution < -0.4 is 0 Å². The monoisotopic (exact) mass is 221 g/mol. The Kier molecular flexibility index (Phi) is 7.10. The second-order valence-corrected chi connectivity index (χ2v) is 2.76. The van der Waals surface area contributed by atoms with Gasteiger partial charge in [0.25, 0.3) is 0 Å². The minimum absolute atomic E-state index is 0.208. The van der Waals surface area contributed by atoms with Gasteiger partial charge >= 0.3 is 0 Å². The zero-order chi connectivity index (χ0) is 12.6. The van der Waals surface area contributed by atoms with Crippen molar-refractivity contribution >= 4 is 10.9 Å². The summed E-state index contributed by atoms with van der Waals surface area (Å²) in [6.45, 7) is 9.89. The van der Waals surface area contributed by atoms with Gasteiger partial charge in [0.05, 0.1) is 5.52 Å². The van der Waals surface area contributed by atoms with Gasteiger partial charge < -0.3 is 0 Å². The van der Waals surface area contributed by atoms with Gasteiger partial charge in [-0.05, 0) is 31.2 Å². The summed E-state index contributed by atoms with van der Waals surface area (Å²) < 4.78 is 13.1. The molecule has 0 atom stereocenters. The van der Waals surface area contributed by atoms with E-state index in [1.54, 1.807) is 12.1 Å². The number of halogens is 1. The van der Waals surface area contributed by atoms with Gasteiger partial charge in [0.15, 0.2) is 0 Å². The highest BCUT2D eigenvalue weighted by Gasteiger charge is 1.99. The predicted octanol–water partition coefficient (Wildman–Crippen LogP) is 4.73.